The van der Waals surface area contributed by atoms with Crippen LogP contribution in [0.3, 0.4) is 0 Å². The minimum atomic E-state index is 0.808. The highest BCUT2D eigenvalue weighted by Crippen LogP contribution is 2.21. The average molecular weight is 331 g/mol. The minimum Gasteiger partial charge on any atom is -0.312 e. The Balaban J connectivity index is 1.78. The third-order valence-electron chi connectivity index (χ3n) is 2.50. The van der Waals surface area contributed by atoms with Crippen molar-refractivity contribution >= 4 is 38.9 Å². The largest absolute Gasteiger partial charge is 0.312 e. The van der Waals surface area contributed by atoms with Gasteiger partial charge in [0, 0.05) is 16.0 Å². The second-order valence-electron chi connectivity index (χ2n) is 3.79. The molecule has 0 amide bonds. The van der Waals surface area contributed by atoms with Crippen molar-refractivity contribution in [3.8, 4) is 0 Å². The molecule has 1 nitrogen and oxygen atoms in total. The zero-order valence-corrected chi connectivity index (χ0v) is 12.4. The molecule has 90 valence electrons. The lowest BCUT2D eigenvalue weighted by Gasteiger charge is -2.06. The molecule has 0 saturated carbocycles. The van der Waals surface area contributed by atoms with Crippen LogP contribution in [0.15, 0.2) is 39.5 Å². The third-order valence-corrected chi connectivity index (χ3v) is 4.08. The summed E-state index contributed by atoms with van der Waals surface area (Å²) in [6.45, 7) is 1.79. The lowest BCUT2D eigenvalue weighted by molar-refractivity contribution is 0.688. The summed E-state index contributed by atoms with van der Waals surface area (Å²) < 4.78 is 1.02. The highest BCUT2D eigenvalue weighted by molar-refractivity contribution is 9.10. The van der Waals surface area contributed by atoms with Crippen LogP contribution in [0.4, 0.5) is 0 Å². The molecular weight excluding hydrogens is 318 g/mol. The first-order valence-electron chi connectivity index (χ1n) is 5.41. The van der Waals surface area contributed by atoms with Gasteiger partial charge in [0.05, 0.1) is 0 Å². The van der Waals surface area contributed by atoms with Gasteiger partial charge in [0.15, 0.2) is 0 Å². The van der Waals surface area contributed by atoms with Crippen molar-refractivity contribution in [1.82, 2.24) is 5.32 Å². The van der Waals surface area contributed by atoms with Gasteiger partial charge in [-0.25, -0.2) is 0 Å². The van der Waals surface area contributed by atoms with Crippen LogP contribution in [0.2, 0.25) is 5.02 Å². The average Bonchev–Trinajstić information content (AvgIpc) is 2.79. The lowest BCUT2D eigenvalue weighted by atomic mass is 10.2. The first-order valence-corrected chi connectivity index (χ1v) is 7.53. The Morgan fingerprint density at radius 2 is 2.18 bits per heavy atom. The summed E-state index contributed by atoms with van der Waals surface area (Å²) >= 11 is 11.3. The first-order chi connectivity index (χ1) is 8.25. The highest BCUT2D eigenvalue weighted by atomic mass is 79.9. The van der Waals surface area contributed by atoms with E-state index in [4.69, 9.17) is 11.6 Å². The predicted octanol–water partition coefficient (Wildman–Crippen LogP) is 4.50. The maximum Gasteiger partial charge on any atom is 0.0462 e. The minimum absolute atomic E-state index is 0.808. The topological polar surface area (TPSA) is 12.0 Å². The highest BCUT2D eigenvalue weighted by Gasteiger charge is 2.00. The molecule has 1 aromatic carbocycles. The van der Waals surface area contributed by atoms with Gasteiger partial charge in [-0.3, -0.25) is 0 Å². The van der Waals surface area contributed by atoms with Crippen LogP contribution in [0, 0.1) is 0 Å². The molecule has 0 fully saturated rings. The SMILES string of the molecule is Clc1cc(Br)ccc1CNCCc1ccsc1. The van der Waals surface area contributed by atoms with Gasteiger partial charge in [0.2, 0.25) is 0 Å². The van der Waals surface area contributed by atoms with Gasteiger partial charge in [-0.2, -0.15) is 11.3 Å². The second kappa shape index (κ2) is 6.55. The number of hydrogen-bond acceptors (Lipinski definition) is 2. The summed E-state index contributed by atoms with van der Waals surface area (Å²) in [5.74, 6) is 0. The summed E-state index contributed by atoms with van der Waals surface area (Å²) in [6.07, 6.45) is 1.07. The summed E-state index contributed by atoms with van der Waals surface area (Å²) in [4.78, 5) is 0. The molecule has 0 aliphatic rings. The van der Waals surface area contributed by atoms with E-state index < -0.39 is 0 Å². The van der Waals surface area contributed by atoms with Crippen molar-refractivity contribution in [2.24, 2.45) is 0 Å². The molecule has 2 aromatic rings. The van der Waals surface area contributed by atoms with Crippen LogP contribution in [0.25, 0.3) is 0 Å². The number of thiophene rings is 1. The van der Waals surface area contributed by atoms with Crippen LogP contribution in [-0.4, -0.2) is 6.54 Å². The van der Waals surface area contributed by atoms with E-state index in [-0.39, 0.29) is 0 Å². The summed E-state index contributed by atoms with van der Waals surface area (Å²) in [6, 6.07) is 8.15. The van der Waals surface area contributed by atoms with Crippen LogP contribution >= 0.6 is 38.9 Å². The van der Waals surface area contributed by atoms with Crippen molar-refractivity contribution in [1.29, 1.82) is 0 Å². The Hall–Kier alpha value is -0.350. The van der Waals surface area contributed by atoms with Gasteiger partial charge in [-0.15, -0.1) is 0 Å². The normalized spacial score (nSPS) is 10.7. The standard InChI is InChI=1S/C13H13BrClNS/c14-12-2-1-11(13(15)7-12)8-16-5-3-10-4-6-17-9-10/h1-2,4,6-7,9,16H,3,5,8H2. The van der Waals surface area contributed by atoms with Crippen LogP contribution < -0.4 is 5.32 Å². The number of nitrogens with one attached hydrogen (secondary N) is 1. The van der Waals surface area contributed by atoms with Gasteiger partial charge in [-0.05, 0) is 53.1 Å². The number of halogens is 2. The van der Waals surface area contributed by atoms with E-state index in [2.05, 4.69) is 38.1 Å². The van der Waals surface area contributed by atoms with Crippen LogP contribution in [-0.2, 0) is 13.0 Å². The quantitative estimate of drug-likeness (QED) is 0.796. The van der Waals surface area contributed by atoms with E-state index in [0.717, 1.165) is 34.6 Å². The molecule has 17 heavy (non-hydrogen) atoms. The Kier molecular flexibility index (Phi) is 5.04. The fourth-order valence-electron chi connectivity index (χ4n) is 1.56. The van der Waals surface area contributed by atoms with Crippen molar-refractivity contribution in [3.63, 3.8) is 0 Å². The van der Waals surface area contributed by atoms with Gasteiger partial charge in [0.25, 0.3) is 0 Å². The molecule has 0 aliphatic carbocycles. The maximum absolute atomic E-state index is 6.14. The number of benzene rings is 1. The van der Waals surface area contributed by atoms with Crippen molar-refractivity contribution in [2.75, 3.05) is 6.54 Å². The molecule has 0 saturated heterocycles. The molecule has 1 aromatic heterocycles. The Bertz CT molecular complexity index is 470. The predicted molar refractivity (Wildman–Crippen MR) is 78.9 cm³/mol. The molecule has 0 aliphatic heterocycles. The van der Waals surface area contributed by atoms with Crippen molar-refractivity contribution in [2.45, 2.75) is 13.0 Å². The molecule has 2 rings (SSSR count). The molecule has 0 bridgehead atoms. The molecule has 0 unspecified atom stereocenters. The van der Waals surface area contributed by atoms with Gasteiger partial charge >= 0.3 is 0 Å². The van der Waals surface area contributed by atoms with E-state index in [0.29, 0.717) is 0 Å². The summed E-state index contributed by atoms with van der Waals surface area (Å²) in [5.41, 5.74) is 2.53. The Morgan fingerprint density at radius 3 is 2.88 bits per heavy atom. The van der Waals surface area contributed by atoms with Gasteiger partial charge in [-0.1, -0.05) is 33.6 Å². The fourth-order valence-corrected chi connectivity index (χ4v) is 3.00. The summed E-state index contributed by atoms with van der Waals surface area (Å²) in [7, 11) is 0. The van der Waals surface area contributed by atoms with Crippen LogP contribution in [0.1, 0.15) is 11.1 Å². The number of hydrogen-bond donors (Lipinski definition) is 1. The third kappa shape index (κ3) is 4.11. The zero-order chi connectivity index (χ0) is 12.1. The fraction of sp³-hybridized carbons (Fsp3) is 0.231. The number of rotatable bonds is 5. The molecule has 4 heteroatoms. The molecule has 0 radical (unpaired) electrons. The zero-order valence-electron chi connectivity index (χ0n) is 9.25. The molecular formula is C13H13BrClNS. The smallest absolute Gasteiger partial charge is 0.0462 e. The molecule has 0 spiro atoms. The molecule has 0 atom stereocenters. The summed E-state index contributed by atoms with van der Waals surface area (Å²) in [5, 5.41) is 8.51. The Labute approximate surface area is 119 Å². The maximum atomic E-state index is 6.14. The lowest BCUT2D eigenvalue weighted by Crippen LogP contribution is -2.16. The van der Waals surface area contributed by atoms with Gasteiger partial charge in [0.1, 0.15) is 0 Å². The van der Waals surface area contributed by atoms with Crippen molar-refractivity contribution < 1.29 is 0 Å². The van der Waals surface area contributed by atoms with E-state index in [9.17, 15) is 0 Å². The van der Waals surface area contributed by atoms with E-state index in [1.54, 1.807) is 11.3 Å². The van der Waals surface area contributed by atoms with E-state index in [1.165, 1.54) is 5.56 Å². The van der Waals surface area contributed by atoms with E-state index in [1.807, 2.05) is 18.2 Å². The molecule has 1 heterocycles. The monoisotopic (exact) mass is 329 g/mol. The Morgan fingerprint density at radius 1 is 1.29 bits per heavy atom. The van der Waals surface area contributed by atoms with Crippen molar-refractivity contribution in [3.05, 3.63) is 55.6 Å². The second-order valence-corrected chi connectivity index (χ2v) is 5.90. The molecule has 1 N–H and O–H groups in total. The first kappa shape index (κ1) is 13.1. The van der Waals surface area contributed by atoms with E-state index >= 15 is 0 Å². The van der Waals surface area contributed by atoms with Crippen LogP contribution in [0.5, 0.6) is 0 Å². The van der Waals surface area contributed by atoms with Gasteiger partial charge < -0.3 is 5.32 Å².